The summed E-state index contributed by atoms with van der Waals surface area (Å²) in [6, 6.07) is 17.5. The number of nitrogens with one attached hydrogen (secondary N) is 2. The highest BCUT2D eigenvalue weighted by Crippen LogP contribution is 2.10. The van der Waals surface area contributed by atoms with Gasteiger partial charge in [-0.3, -0.25) is 4.79 Å². The zero-order chi connectivity index (χ0) is 16.5. The summed E-state index contributed by atoms with van der Waals surface area (Å²) in [5.41, 5.74) is 2.89. The largest absolute Gasteiger partial charge is 0.394 e. The first-order valence-corrected chi connectivity index (χ1v) is 8.02. The first-order valence-electron chi connectivity index (χ1n) is 8.02. The fraction of sp³-hybridized carbons (Fsp3) is 0.316. The average molecular weight is 312 g/mol. The molecule has 23 heavy (non-hydrogen) atoms. The lowest BCUT2D eigenvalue weighted by atomic mass is 10.1. The van der Waals surface area contributed by atoms with Crippen LogP contribution < -0.4 is 10.6 Å². The van der Waals surface area contributed by atoms with Gasteiger partial charge in [0.05, 0.1) is 12.6 Å². The molecule has 1 unspecified atom stereocenters. The van der Waals surface area contributed by atoms with Crippen molar-refractivity contribution in [2.45, 2.75) is 25.8 Å². The second kappa shape index (κ2) is 8.96. The molecular weight excluding hydrogens is 288 g/mol. The topological polar surface area (TPSA) is 61.4 Å². The summed E-state index contributed by atoms with van der Waals surface area (Å²) in [6.07, 6.45) is 1.67. The predicted molar refractivity (Wildman–Crippen MR) is 93.7 cm³/mol. The van der Waals surface area contributed by atoms with Crippen LogP contribution in [0.2, 0.25) is 0 Å². The molecule has 0 saturated heterocycles. The van der Waals surface area contributed by atoms with Crippen LogP contribution in [0.15, 0.2) is 54.6 Å². The van der Waals surface area contributed by atoms with Gasteiger partial charge in [-0.1, -0.05) is 37.3 Å². The van der Waals surface area contributed by atoms with E-state index in [0.29, 0.717) is 12.0 Å². The Kier molecular flexibility index (Phi) is 6.63. The Morgan fingerprint density at radius 2 is 1.78 bits per heavy atom. The lowest BCUT2D eigenvalue weighted by Crippen LogP contribution is -2.36. The van der Waals surface area contributed by atoms with Crippen LogP contribution in [0.5, 0.6) is 0 Å². The Morgan fingerprint density at radius 1 is 1.09 bits per heavy atom. The van der Waals surface area contributed by atoms with Gasteiger partial charge < -0.3 is 15.7 Å². The molecule has 0 aliphatic heterocycles. The molecule has 3 N–H and O–H groups in total. The third-order valence-electron chi connectivity index (χ3n) is 3.78. The molecule has 0 fully saturated rings. The van der Waals surface area contributed by atoms with Gasteiger partial charge in [0.25, 0.3) is 5.91 Å². The molecule has 0 aliphatic rings. The second-order valence-electron chi connectivity index (χ2n) is 5.50. The minimum absolute atomic E-state index is 0.0403. The Morgan fingerprint density at radius 3 is 2.39 bits per heavy atom. The lowest BCUT2D eigenvalue weighted by Gasteiger charge is -2.14. The third kappa shape index (κ3) is 5.42. The number of anilines is 1. The van der Waals surface area contributed by atoms with Crippen molar-refractivity contribution in [2.75, 3.05) is 18.5 Å². The summed E-state index contributed by atoms with van der Waals surface area (Å²) in [5, 5.41) is 15.3. The molecule has 2 rings (SSSR count). The zero-order valence-corrected chi connectivity index (χ0v) is 13.5. The Labute approximate surface area is 137 Å². The van der Waals surface area contributed by atoms with E-state index in [1.807, 2.05) is 37.3 Å². The van der Waals surface area contributed by atoms with Crippen LogP contribution in [0.4, 0.5) is 5.69 Å². The maximum absolute atomic E-state index is 12.0. The lowest BCUT2D eigenvalue weighted by molar-refractivity contribution is 0.0915. The molecule has 1 amide bonds. The zero-order valence-electron chi connectivity index (χ0n) is 13.5. The van der Waals surface area contributed by atoms with Crippen LogP contribution in [0.3, 0.4) is 0 Å². The quantitative estimate of drug-likeness (QED) is 0.702. The van der Waals surface area contributed by atoms with E-state index in [-0.39, 0.29) is 18.6 Å². The molecule has 4 heteroatoms. The van der Waals surface area contributed by atoms with Gasteiger partial charge in [0.2, 0.25) is 0 Å². The van der Waals surface area contributed by atoms with Crippen LogP contribution in [0, 0.1) is 0 Å². The van der Waals surface area contributed by atoms with Gasteiger partial charge in [0, 0.05) is 17.8 Å². The van der Waals surface area contributed by atoms with Gasteiger partial charge in [0.15, 0.2) is 0 Å². The second-order valence-corrected chi connectivity index (χ2v) is 5.50. The number of amides is 1. The van der Waals surface area contributed by atoms with Crippen molar-refractivity contribution in [3.63, 3.8) is 0 Å². The minimum atomic E-state index is -0.189. The molecule has 1 atom stereocenters. The number of carbonyl (C=O) groups is 1. The van der Waals surface area contributed by atoms with Crippen molar-refractivity contribution in [1.29, 1.82) is 0 Å². The van der Waals surface area contributed by atoms with Crippen LogP contribution in [0.1, 0.15) is 29.3 Å². The summed E-state index contributed by atoms with van der Waals surface area (Å²) in [6.45, 7) is 2.74. The van der Waals surface area contributed by atoms with Gasteiger partial charge >= 0.3 is 0 Å². The van der Waals surface area contributed by atoms with E-state index in [0.717, 1.165) is 18.7 Å². The predicted octanol–water partition coefficient (Wildman–Crippen LogP) is 2.84. The molecule has 4 nitrogen and oxygen atoms in total. The monoisotopic (exact) mass is 312 g/mol. The van der Waals surface area contributed by atoms with Crippen molar-refractivity contribution in [3.8, 4) is 0 Å². The highest BCUT2D eigenvalue weighted by Gasteiger charge is 2.10. The fourth-order valence-corrected chi connectivity index (χ4v) is 2.28. The van der Waals surface area contributed by atoms with Crippen LogP contribution in [0.25, 0.3) is 0 Å². The van der Waals surface area contributed by atoms with Crippen molar-refractivity contribution in [3.05, 3.63) is 65.7 Å². The maximum atomic E-state index is 12.0. The van der Waals surface area contributed by atoms with Crippen LogP contribution in [-0.4, -0.2) is 30.2 Å². The minimum Gasteiger partial charge on any atom is -0.394 e. The van der Waals surface area contributed by atoms with Gasteiger partial charge in [0.1, 0.15) is 0 Å². The van der Waals surface area contributed by atoms with Gasteiger partial charge in [-0.2, -0.15) is 0 Å². The first kappa shape index (κ1) is 17.0. The van der Waals surface area contributed by atoms with Crippen molar-refractivity contribution in [1.82, 2.24) is 5.32 Å². The molecule has 0 heterocycles. The molecule has 0 spiro atoms. The van der Waals surface area contributed by atoms with E-state index < -0.39 is 0 Å². The average Bonchev–Trinajstić information content (AvgIpc) is 2.61. The number of aliphatic hydroxyl groups is 1. The van der Waals surface area contributed by atoms with Gasteiger partial charge in [-0.15, -0.1) is 0 Å². The Hall–Kier alpha value is -2.33. The van der Waals surface area contributed by atoms with Gasteiger partial charge in [-0.25, -0.2) is 0 Å². The number of carbonyl (C=O) groups excluding carboxylic acids is 1. The van der Waals surface area contributed by atoms with E-state index in [1.165, 1.54) is 5.56 Å². The Balaban J connectivity index is 1.83. The highest BCUT2D eigenvalue weighted by molar-refractivity contribution is 5.94. The molecule has 0 saturated carbocycles. The number of hydrogen-bond acceptors (Lipinski definition) is 3. The first-order chi connectivity index (χ1) is 11.2. The standard InChI is InChI=1S/C19H24N2O2/c1-2-17(14-22)21-19(23)16-8-10-18(11-9-16)20-13-12-15-6-4-3-5-7-15/h3-11,17,20,22H,2,12-14H2,1H3,(H,21,23). The maximum Gasteiger partial charge on any atom is 0.251 e. The van der Waals surface area contributed by atoms with Crippen LogP contribution in [-0.2, 0) is 6.42 Å². The molecule has 0 aromatic heterocycles. The summed E-state index contributed by atoms with van der Waals surface area (Å²) in [7, 11) is 0. The van der Waals surface area contributed by atoms with E-state index in [2.05, 4.69) is 22.8 Å². The summed E-state index contributed by atoms with van der Waals surface area (Å²) >= 11 is 0. The van der Waals surface area contributed by atoms with Crippen LogP contribution >= 0.6 is 0 Å². The van der Waals surface area contributed by atoms with Crippen molar-refractivity contribution < 1.29 is 9.90 Å². The molecule has 2 aromatic rings. The summed E-state index contributed by atoms with van der Waals surface area (Å²) < 4.78 is 0. The fourth-order valence-electron chi connectivity index (χ4n) is 2.28. The van der Waals surface area contributed by atoms with E-state index in [4.69, 9.17) is 5.11 Å². The summed E-state index contributed by atoms with van der Waals surface area (Å²) in [4.78, 5) is 12.0. The summed E-state index contributed by atoms with van der Waals surface area (Å²) in [5.74, 6) is -0.151. The normalized spacial score (nSPS) is 11.7. The Bertz CT molecular complexity index is 593. The van der Waals surface area contributed by atoms with Crippen molar-refractivity contribution >= 4 is 11.6 Å². The smallest absolute Gasteiger partial charge is 0.251 e. The number of hydrogen-bond donors (Lipinski definition) is 3. The molecule has 2 aromatic carbocycles. The number of rotatable bonds is 8. The molecular formula is C19H24N2O2. The van der Waals surface area contributed by atoms with E-state index in [1.54, 1.807) is 12.1 Å². The molecule has 0 aliphatic carbocycles. The van der Waals surface area contributed by atoms with E-state index >= 15 is 0 Å². The SMILES string of the molecule is CCC(CO)NC(=O)c1ccc(NCCc2ccccc2)cc1. The van der Waals surface area contributed by atoms with Crippen molar-refractivity contribution in [2.24, 2.45) is 0 Å². The number of aliphatic hydroxyl groups excluding tert-OH is 1. The third-order valence-corrected chi connectivity index (χ3v) is 3.78. The number of benzene rings is 2. The molecule has 0 bridgehead atoms. The molecule has 122 valence electrons. The molecule has 0 radical (unpaired) electrons. The van der Waals surface area contributed by atoms with Gasteiger partial charge in [-0.05, 0) is 42.7 Å². The van der Waals surface area contributed by atoms with E-state index in [9.17, 15) is 4.79 Å². The highest BCUT2D eigenvalue weighted by atomic mass is 16.3.